The molecule has 0 aliphatic carbocycles. The number of carbonyl (C=O) groups excluding carboxylic acids is 1. The second-order valence-corrected chi connectivity index (χ2v) is 4.10. The predicted octanol–water partition coefficient (Wildman–Crippen LogP) is 1.57. The molecule has 5 heteroatoms. The Morgan fingerprint density at radius 1 is 1.53 bits per heavy atom. The van der Waals surface area contributed by atoms with E-state index in [1.165, 1.54) is 11.0 Å². The average molecular weight is 237 g/mol. The van der Waals surface area contributed by atoms with Crippen LogP contribution in [-0.4, -0.2) is 23.5 Å². The summed E-state index contributed by atoms with van der Waals surface area (Å²) in [4.78, 5) is 23.9. The van der Waals surface area contributed by atoms with Gasteiger partial charge in [-0.15, -0.1) is 0 Å². The molecule has 0 spiro atoms. The van der Waals surface area contributed by atoms with Crippen LogP contribution in [0.4, 0.5) is 10.1 Å². The van der Waals surface area contributed by atoms with Crippen LogP contribution in [-0.2, 0) is 9.59 Å². The first-order valence-electron chi connectivity index (χ1n) is 5.31. The van der Waals surface area contributed by atoms with Crippen LogP contribution in [0.3, 0.4) is 0 Å². The maximum absolute atomic E-state index is 13.4. The fourth-order valence-corrected chi connectivity index (χ4v) is 1.92. The summed E-state index contributed by atoms with van der Waals surface area (Å²) in [7, 11) is 0. The minimum atomic E-state index is -1.12. The Morgan fingerprint density at radius 3 is 2.76 bits per heavy atom. The van der Waals surface area contributed by atoms with Crippen LogP contribution in [0.5, 0.6) is 0 Å². The van der Waals surface area contributed by atoms with E-state index in [2.05, 4.69) is 0 Å². The summed E-state index contributed by atoms with van der Waals surface area (Å²) in [5.41, 5.74) is 0.914. The van der Waals surface area contributed by atoms with Crippen molar-refractivity contribution in [2.45, 2.75) is 13.3 Å². The highest BCUT2D eigenvalue weighted by Crippen LogP contribution is 2.26. The van der Waals surface area contributed by atoms with Gasteiger partial charge in [-0.1, -0.05) is 6.07 Å². The van der Waals surface area contributed by atoms with E-state index in [1.54, 1.807) is 19.1 Å². The van der Waals surface area contributed by atoms with E-state index in [1.807, 2.05) is 0 Å². The Bertz CT molecular complexity index is 487. The van der Waals surface area contributed by atoms with E-state index in [0.29, 0.717) is 17.8 Å². The number of aryl methyl sites for hydroxylation is 1. The summed E-state index contributed by atoms with van der Waals surface area (Å²) < 4.78 is 13.4. The van der Waals surface area contributed by atoms with Gasteiger partial charge in [-0.05, 0) is 31.0 Å². The largest absolute Gasteiger partial charge is 0.481 e. The molecule has 1 atom stereocenters. The monoisotopic (exact) mass is 237 g/mol. The minimum absolute atomic E-state index is 0.268. The number of nitrogens with zero attached hydrogens (tertiary/aromatic N) is 1. The molecule has 1 fully saturated rings. The second-order valence-electron chi connectivity index (χ2n) is 4.10. The number of hydrogen-bond donors (Lipinski definition) is 1. The molecule has 1 amide bonds. The SMILES string of the molecule is Cc1ccc(N2CCC(C(=O)O)C2=O)cc1F. The summed E-state index contributed by atoms with van der Waals surface area (Å²) in [6, 6.07) is 4.46. The van der Waals surface area contributed by atoms with Gasteiger partial charge in [0.15, 0.2) is 0 Å². The lowest BCUT2D eigenvalue weighted by molar-refractivity contribution is -0.144. The van der Waals surface area contributed by atoms with Gasteiger partial charge in [-0.25, -0.2) is 4.39 Å². The standard InChI is InChI=1S/C12H12FNO3/c1-7-2-3-8(6-10(7)13)14-5-4-9(11(14)15)12(16)17/h2-3,6,9H,4-5H2,1H3,(H,16,17). The summed E-state index contributed by atoms with van der Waals surface area (Å²) in [6.45, 7) is 1.95. The number of aliphatic carboxylic acids is 1. The highest BCUT2D eigenvalue weighted by Gasteiger charge is 2.37. The first kappa shape index (κ1) is 11.6. The molecule has 1 aliphatic heterocycles. The third kappa shape index (κ3) is 2.00. The second kappa shape index (κ2) is 4.16. The number of amides is 1. The van der Waals surface area contributed by atoms with Gasteiger partial charge in [0, 0.05) is 12.2 Å². The number of rotatable bonds is 2. The van der Waals surface area contributed by atoms with Crippen LogP contribution < -0.4 is 4.90 Å². The molecule has 0 radical (unpaired) electrons. The topological polar surface area (TPSA) is 57.6 Å². The van der Waals surface area contributed by atoms with E-state index in [0.717, 1.165) is 0 Å². The molecule has 1 heterocycles. The van der Waals surface area contributed by atoms with Crippen molar-refractivity contribution in [3.05, 3.63) is 29.6 Å². The minimum Gasteiger partial charge on any atom is -0.481 e. The number of carbonyl (C=O) groups is 2. The fraction of sp³-hybridized carbons (Fsp3) is 0.333. The molecule has 17 heavy (non-hydrogen) atoms. The quantitative estimate of drug-likeness (QED) is 0.794. The molecule has 0 aromatic heterocycles. The number of halogens is 1. The molecule has 1 aromatic carbocycles. The Morgan fingerprint density at radius 2 is 2.24 bits per heavy atom. The van der Waals surface area contributed by atoms with Crippen LogP contribution in [0, 0.1) is 18.7 Å². The Kier molecular flexibility index (Phi) is 2.83. The van der Waals surface area contributed by atoms with E-state index in [4.69, 9.17) is 5.11 Å². The normalized spacial score (nSPS) is 19.8. The van der Waals surface area contributed by atoms with Crippen molar-refractivity contribution >= 4 is 17.6 Å². The van der Waals surface area contributed by atoms with Crippen LogP contribution >= 0.6 is 0 Å². The van der Waals surface area contributed by atoms with Gasteiger partial charge < -0.3 is 10.0 Å². The zero-order valence-corrected chi connectivity index (χ0v) is 9.31. The van der Waals surface area contributed by atoms with E-state index < -0.39 is 23.6 Å². The maximum atomic E-state index is 13.4. The maximum Gasteiger partial charge on any atom is 0.316 e. The lowest BCUT2D eigenvalue weighted by Crippen LogP contribution is -2.30. The molecular formula is C12H12FNO3. The van der Waals surface area contributed by atoms with Crippen molar-refractivity contribution in [2.75, 3.05) is 11.4 Å². The highest BCUT2D eigenvalue weighted by atomic mass is 19.1. The van der Waals surface area contributed by atoms with E-state index in [-0.39, 0.29) is 6.42 Å². The van der Waals surface area contributed by atoms with Crippen LogP contribution in [0.15, 0.2) is 18.2 Å². The molecule has 2 rings (SSSR count). The molecule has 1 aromatic rings. The predicted molar refractivity (Wildman–Crippen MR) is 59.2 cm³/mol. The molecule has 1 aliphatic rings. The van der Waals surface area contributed by atoms with E-state index in [9.17, 15) is 14.0 Å². The smallest absolute Gasteiger partial charge is 0.316 e. The number of hydrogen-bond acceptors (Lipinski definition) is 2. The molecule has 4 nitrogen and oxygen atoms in total. The lowest BCUT2D eigenvalue weighted by Gasteiger charge is -2.16. The lowest BCUT2D eigenvalue weighted by atomic mass is 10.1. The number of carboxylic acids is 1. The van der Waals surface area contributed by atoms with Gasteiger partial charge in [-0.2, -0.15) is 0 Å². The number of anilines is 1. The van der Waals surface area contributed by atoms with Crippen molar-refractivity contribution in [3.8, 4) is 0 Å². The van der Waals surface area contributed by atoms with Crippen molar-refractivity contribution < 1.29 is 19.1 Å². The first-order valence-corrected chi connectivity index (χ1v) is 5.31. The number of carboxylic acid groups (broad SMARTS) is 1. The van der Waals surface area contributed by atoms with Gasteiger partial charge in [0.05, 0.1) is 0 Å². The summed E-state index contributed by atoms with van der Waals surface area (Å²) in [6.07, 6.45) is 0.268. The summed E-state index contributed by atoms with van der Waals surface area (Å²) >= 11 is 0. The van der Waals surface area contributed by atoms with Gasteiger partial charge in [0.1, 0.15) is 11.7 Å². The van der Waals surface area contributed by atoms with Crippen molar-refractivity contribution in [1.82, 2.24) is 0 Å². The molecular weight excluding hydrogens is 225 g/mol. The molecule has 90 valence electrons. The van der Waals surface area contributed by atoms with Gasteiger partial charge in [0.25, 0.3) is 0 Å². The van der Waals surface area contributed by atoms with Gasteiger partial charge in [-0.3, -0.25) is 9.59 Å². The van der Waals surface area contributed by atoms with Crippen LogP contribution in [0.25, 0.3) is 0 Å². The molecule has 1 N–H and O–H groups in total. The third-order valence-corrected chi connectivity index (χ3v) is 2.97. The third-order valence-electron chi connectivity index (χ3n) is 2.97. The fourth-order valence-electron chi connectivity index (χ4n) is 1.92. The summed E-state index contributed by atoms with van der Waals surface area (Å²) in [5.74, 6) is -2.99. The zero-order chi connectivity index (χ0) is 12.6. The van der Waals surface area contributed by atoms with Crippen molar-refractivity contribution in [2.24, 2.45) is 5.92 Å². The van der Waals surface area contributed by atoms with Gasteiger partial charge >= 0.3 is 5.97 Å². The number of benzene rings is 1. The first-order chi connectivity index (χ1) is 8.00. The Hall–Kier alpha value is -1.91. The van der Waals surface area contributed by atoms with E-state index >= 15 is 0 Å². The summed E-state index contributed by atoms with van der Waals surface area (Å²) in [5, 5.41) is 8.83. The van der Waals surface area contributed by atoms with Crippen molar-refractivity contribution in [1.29, 1.82) is 0 Å². The Balaban J connectivity index is 2.27. The Labute approximate surface area is 97.7 Å². The molecule has 1 saturated heterocycles. The highest BCUT2D eigenvalue weighted by molar-refractivity contribution is 6.07. The average Bonchev–Trinajstić information content (AvgIpc) is 2.64. The zero-order valence-electron chi connectivity index (χ0n) is 9.31. The van der Waals surface area contributed by atoms with Gasteiger partial charge in [0.2, 0.25) is 5.91 Å². The molecule has 0 saturated carbocycles. The van der Waals surface area contributed by atoms with Crippen LogP contribution in [0.2, 0.25) is 0 Å². The van der Waals surface area contributed by atoms with Crippen LogP contribution in [0.1, 0.15) is 12.0 Å². The molecule has 1 unspecified atom stereocenters. The molecule has 0 bridgehead atoms. The van der Waals surface area contributed by atoms with Crippen molar-refractivity contribution in [3.63, 3.8) is 0 Å².